The second-order valence-electron chi connectivity index (χ2n) is 6.72. The molecule has 1 aromatic heterocycles. The zero-order chi connectivity index (χ0) is 19.8. The summed E-state index contributed by atoms with van der Waals surface area (Å²) in [5.41, 5.74) is 6.44. The number of hydrogen-bond donors (Lipinski definition) is 3. The van der Waals surface area contributed by atoms with Crippen molar-refractivity contribution in [3.63, 3.8) is 0 Å². The monoisotopic (exact) mass is 385 g/mol. The predicted molar refractivity (Wildman–Crippen MR) is 96.4 cm³/mol. The predicted octanol–water partition coefficient (Wildman–Crippen LogP) is 0.184. The summed E-state index contributed by atoms with van der Waals surface area (Å²) in [6.07, 6.45) is 2.01. The SMILES string of the molecule is N#CC1CCOCC1n1cc(C(N)=O)c(Nc2cc(F)c3c(c2)B(O)OC3)n1. The Morgan fingerprint density at radius 2 is 2.36 bits per heavy atom. The van der Waals surface area contributed by atoms with Gasteiger partial charge in [0.2, 0.25) is 0 Å². The van der Waals surface area contributed by atoms with E-state index in [2.05, 4.69) is 16.5 Å². The lowest BCUT2D eigenvalue weighted by Gasteiger charge is -2.26. The number of rotatable bonds is 4. The number of anilines is 2. The van der Waals surface area contributed by atoms with Gasteiger partial charge in [0.15, 0.2) is 5.82 Å². The summed E-state index contributed by atoms with van der Waals surface area (Å²) in [5, 5.41) is 26.4. The maximum absolute atomic E-state index is 14.3. The van der Waals surface area contributed by atoms with Crippen molar-refractivity contribution in [2.75, 3.05) is 18.5 Å². The number of primary amides is 1. The van der Waals surface area contributed by atoms with Crippen LogP contribution in [-0.2, 0) is 16.0 Å². The summed E-state index contributed by atoms with van der Waals surface area (Å²) < 4.78 is 26.2. The minimum Gasteiger partial charge on any atom is -0.423 e. The van der Waals surface area contributed by atoms with Crippen LogP contribution in [0, 0.1) is 23.1 Å². The van der Waals surface area contributed by atoms with Gasteiger partial charge in [-0.1, -0.05) is 0 Å². The summed E-state index contributed by atoms with van der Waals surface area (Å²) in [4.78, 5) is 11.9. The standard InChI is InChI=1S/C17H17BFN5O4/c19-14-4-10(3-13-12(14)7-28-18(13)26)22-17-11(16(21)25)6-24(23-17)15-8-27-2-1-9(15)5-20/h3-4,6,9,15,26H,1-2,7-8H2,(H2,21,25)(H,22,23). The number of nitriles is 1. The molecule has 2 atom stereocenters. The van der Waals surface area contributed by atoms with Crippen LogP contribution in [0.15, 0.2) is 18.3 Å². The van der Waals surface area contributed by atoms with Crippen LogP contribution in [0.3, 0.4) is 0 Å². The molecule has 1 saturated heterocycles. The summed E-state index contributed by atoms with van der Waals surface area (Å²) in [7, 11) is -1.21. The number of halogens is 1. The van der Waals surface area contributed by atoms with E-state index in [1.165, 1.54) is 23.0 Å². The molecule has 1 amide bonds. The van der Waals surface area contributed by atoms with E-state index in [0.717, 1.165) is 0 Å². The molecule has 2 aliphatic heterocycles. The first kappa shape index (κ1) is 18.4. The number of carbonyl (C=O) groups is 1. The Kier molecular flexibility index (Phi) is 4.76. The number of hydrogen-bond acceptors (Lipinski definition) is 7. The van der Waals surface area contributed by atoms with Gasteiger partial charge in [-0.25, -0.2) is 4.39 Å². The van der Waals surface area contributed by atoms with Gasteiger partial charge >= 0.3 is 7.12 Å². The Morgan fingerprint density at radius 3 is 3.11 bits per heavy atom. The number of nitrogens with one attached hydrogen (secondary N) is 1. The van der Waals surface area contributed by atoms with Crippen LogP contribution in [0.25, 0.3) is 0 Å². The highest BCUT2D eigenvalue weighted by Gasteiger charge is 2.32. The molecule has 3 heterocycles. The number of carbonyl (C=O) groups excluding carboxylic acids is 1. The summed E-state index contributed by atoms with van der Waals surface area (Å²) >= 11 is 0. The lowest BCUT2D eigenvalue weighted by molar-refractivity contribution is 0.0342. The number of aromatic nitrogens is 2. The number of nitrogens with zero attached hydrogens (tertiary/aromatic N) is 3. The lowest BCUT2D eigenvalue weighted by atomic mass is 9.79. The van der Waals surface area contributed by atoms with Gasteiger partial charge in [0.05, 0.1) is 31.2 Å². The molecule has 2 aliphatic rings. The zero-order valence-electron chi connectivity index (χ0n) is 14.8. The molecule has 0 bridgehead atoms. The van der Waals surface area contributed by atoms with Gasteiger partial charge in [-0.3, -0.25) is 9.48 Å². The van der Waals surface area contributed by atoms with Crippen LogP contribution >= 0.6 is 0 Å². The third-order valence-electron chi connectivity index (χ3n) is 4.97. The maximum Gasteiger partial charge on any atom is 0.491 e. The molecule has 0 spiro atoms. The first-order chi connectivity index (χ1) is 13.5. The summed E-state index contributed by atoms with van der Waals surface area (Å²) in [6.45, 7) is 0.762. The van der Waals surface area contributed by atoms with Crippen molar-refractivity contribution >= 4 is 30.0 Å². The van der Waals surface area contributed by atoms with Crippen molar-refractivity contribution in [3.8, 4) is 6.07 Å². The number of amides is 1. The first-order valence-corrected chi connectivity index (χ1v) is 8.73. The molecule has 0 radical (unpaired) electrons. The molecule has 1 fully saturated rings. The van der Waals surface area contributed by atoms with Crippen LogP contribution in [0.4, 0.5) is 15.9 Å². The molecule has 4 rings (SSSR count). The third kappa shape index (κ3) is 3.22. The average molecular weight is 385 g/mol. The van der Waals surface area contributed by atoms with Crippen molar-refractivity contribution in [1.82, 2.24) is 9.78 Å². The van der Waals surface area contributed by atoms with E-state index in [0.29, 0.717) is 18.5 Å². The van der Waals surface area contributed by atoms with Crippen LogP contribution in [0.2, 0.25) is 0 Å². The number of fused-ring (bicyclic) bond motifs is 1. The van der Waals surface area contributed by atoms with Crippen LogP contribution in [0.1, 0.15) is 28.4 Å². The average Bonchev–Trinajstić information content (AvgIpc) is 3.26. The summed E-state index contributed by atoms with van der Waals surface area (Å²) in [6, 6.07) is 4.63. The van der Waals surface area contributed by atoms with Crippen molar-refractivity contribution in [2.45, 2.75) is 19.1 Å². The molecular formula is C17H17BFN5O4. The highest BCUT2D eigenvalue weighted by atomic mass is 19.1. The molecule has 0 aliphatic carbocycles. The Hall–Kier alpha value is -2.94. The molecule has 4 N–H and O–H groups in total. The number of benzene rings is 1. The van der Waals surface area contributed by atoms with Crippen molar-refractivity contribution in [1.29, 1.82) is 5.26 Å². The van der Waals surface area contributed by atoms with E-state index in [9.17, 15) is 19.5 Å². The van der Waals surface area contributed by atoms with Gasteiger partial charge in [-0.15, -0.1) is 0 Å². The Morgan fingerprint density at radius 1 is 1.54 bits per heavy atom. The Balaban J connectivity index is 1.68. The number of nitrogens with two attached hydrogens (primary N) is 1. The topological polar surface area (TPSA) is 135 Å². The van der Waals surface area contributed by atoms with Crippen LogP contribution < -0.4 is 16.5 Å². The van der Waals surface area contributed by atoms with Crippen LogP contribution in [0.5, 0.6) is 0 Å². The lowest BCUT2D eigenvalue weighted by Crippen LogP contribution is -2.29. The highest BCUT2D eigenvalue weighted by Crippen LogP contribution is 2.29. The van der Waals surface area contributed by atoms with Gasteiger partial charge < -0.3 is 25.5 Å². The summed E-state index contributed by atoms with van der Waals surface area (Å²) in [5.74, 6) is -1.44. The maximum atomic E-state index is 14.3. The molecule has 28 heavy (non-hydrogen) atoms. The fourth-order valence-electron chi connectivity index (χ4n) is 3.46. The van der Waals surface area contributed by atoms with E-state index in [-0.39, 0.29) is 47.8 Å². The van der Waals surface area contributed by atoms with E-state index in [1.807, 2.05) is 0 Å². The number of ether oxygens (including phenoxy) is 1. The minimum atomic E-state index is -1.21. The van der Waals surface area contributed by atoms with Gasteiger partial charge in [0.1, 0.15) is 11.4 Å². The first-order valence-electron chi connectivity index (χ1n) is 8.73. The van der Waals surface area contributed by atoms with Gasteiger partial charge in [0, 0.05) is 24.1 Å². The molecule has 11 heteroatoms. The minimum absolute atomic E-state index is 0.0129. The molecule has 2 aromatic rings. The van der Waals surface area contributed by atoms with E-state index >= 15 is 0 Å². The third-order valence-corrected chi connectivity index (χ3v) is 4.97. The quantitative estimate of drug-likeness (QED) is 0.639. The Labute approximate surface area is 160 Å². The van der Waals surface area contributed by atoms with E-state index < -0.39 is 18.8 Å². The second kappa shape index (κ2) is 7.24. The molecule has 9 nitrogen and oxygen atoms in total. The fraction of sp³-hybridized carbons (Fsp3) is 0.353. The molecule has 1 aromatic carbocycles. The fourth-order valence-corrected chi connectivity index (χ4v) is 3.46. The van der Waals surface area contributed by atoms with Crippen molar-refractivity contribution < 1.29 is 23.6 Å². The smallest absolute Gasteiger partial charge is 0.423 e. The molecule has 2 unspecified atom stereocenters. The molecular weight excluding hydrogens is 368 g/mol. The molecule has 144 valence electrons. The highest BCUT2D eigenvalue weighted by molar-refractivity contribution is 6.61. The van der Waals surface area contributed by atoms with Crippen molar-refractivity contribution in [3.05, 3.63) is 35.3 Å². The van der Waals surface area contributed by atoms with E-state index in [4.69, 9.17) is 15.1 Å². The van der Waals surface area contributed by atoms with E-state index in [1.54, 1.807) is 0 Å². The Bertz CT molecular complexity index is 975. The van der Waals surface area contributed by atoms with Crippen molar-refractivity contribution in [2.24, 2.45) is 11.7 Å². The second-order valence-corrected chi connectivity index (χ2v) is 6.72. The normalized spacial score (nSPS) is 21.2. The zero-order valence-corrected chi connectivity index (χ0v) is 14.8. The van der Waals surface area contributed by atoms with Gasteiger partial charge in [0.25, 0.3) is 5.91 Å². The largest absolute Gasteiger partial charge is 0.491 e. The van der Waals surface area contributed by atoms with Gasteiger partial charge in [-0.2, -0.15) is 10.4 Å². The van der Waals surface area contributed by atoms with Gasteiger partial charge in [-0.05, 0) is 24.0 Å². The van der Waals surface area contributed by atoms with Crippen LogP contribution in [-0.4, -0.2) is 41.0 Å². The molecule has 0 saturated carbocycles.